The van der Waals surface area contributed by atoms with Gasteiger partial charge in [-0.25, -0.2) is 23.4 Å². The topological polar surface area (TPSA) is 73.1 Å². The van der Waals surface area contributed by atoms with E-state index in [9.17, 15) is 13.9 Å². The fourth-order valence-electron chi connectivity index (χ4n) is 4.04. The zero-order chi connectivity index (χ0) is 19.7. The third kappa shape index (κ3) is 4.38. The van der Waals surface area contributed by atoms with Gasteiger partial charge in [-0.2, -0.15) is 5.10 Å². The maximum absolute atomic E-state index is 13.5. The molecule has 1 N–H and O–H groups in total. The van der Waals surface area contributed by atoms with E-state index in [0.29, 0.717) is 44.8 Å². The number of aromatic nitrogens is 4. The van der Waals surface area contributed by atoms with E-state index in [4.69, 9.17) is 4.74 Å². The average molecular weight is 392 g/mol. The van der Waals surface area contributed by atoms with Crippen LogP contribution < -0.4 is 0 Å². The van der Waals surface area contributed by atoms with Gasteiger partial charge < -0.3 is 9.84 Å². The van der Waals surface area contributed by atoms with Crippen molar-refractivity contribution in [1.29, 1.82) is 0 Å². The second-order valence-electron chi connectivity index (χ2n) is 8.03. The molecule has 2 fully saturated rings. The van der Waals surface area contributed by atoms with Gasteiger partial charge in [-0.1, -0.05) is 0 Å². The zero-order valence-corrected chi connectivity index (χ0v) is 16.0. The highest BCUT2D eigenvalue weighted by molar-refractivity contribution is 5.24. The van der Waals surface area contributed by atoms with Crippen molar-refractivity contribution < 1.29 is 18.6 Å². The van der Waals surface area contributed by atoms with Crippen LogP contribution in [0.2, 0.25) is 0 Å². The number of aliphatic hydroxyl groups is 1. The summed E-state index contributed by atoms with van der Waals surface area (Å²) in [6, 6.07) is 3.77. The minimum atomic E-state index is -2.53. The van der Waals surface area contributed by atoms with E-state index in [1.54, 1.807) is 10.9 Å². The maximum atomic E-state index is 13.5. The van der Waals surface area contributed by atoms with Crippen LogP contribution in [0.15, 0.2) is 18.3 Å². The lowest BCUT2D eigenvalue weighted by atomic mass is 9.83. The second kappa shape index (κ2) is 7.83. The summed E-state index contributed by atoms with van der Waals surface area (Å²) in [4.78, 5) is 9.28. The number of aliphatic hydroxyl groups excluding tert-OH is 1. The minimum absolute atomic E-state index is 0.0595. The van der Waals surface area contributed by atoms with Crippen molar-refractivity contribution in [3.63, 3.8) is 0 Å². The highest BCUT2D eigenvalue weighted by Gasteiger charge is 2.35. The first-order valence-corrected chi connectivity index (χ1v) is 9.94. The first-order valence-electron chi connectivity index (χ1n) is 9.94. The Morgan fingerprint density at radius 3 is 2.71 bits per heavy atom. The van der Waals surface area contributed by atoms with E-state index in [-0.39, 0.29) is 24.7 Å². The fraction of sp³-hybridized carbons (Fsp3) is 0.650. The Hall–Kier alpha value is -1.93. The van der Waals surface area contributed by atoms with Crippen molar-refractivity contribution in [2.45, 2.75) is 63.4 Å². The number of alkyl halides is 2. The van der Waals surface area contributed by atoms with Gasteiger partial charge >= 0.3 is 0 Å². The smallest absolute Gasteiger partial charge is 0.250 e. The van der Waals surface area contributed by atoms with Gasteiger partial charge in [-0.15, -0.1) is 0 Å². The summed E-state index contributed by atoms with van der Waals surface area (Å²) in [6.45, 7) is 2.84. The first kappa shape index (κ1) is 19.4. The molecule has 3 heterocycles. The number of aryl methyl sites for hydroxylation is 1. The van der Waals surface area contributed by atoms with Crippen molar-refractivity contribution in [2.24, 2.45) is 5.92 Å². The molecule has 1 saturated heterocycles. The highest BCUT2D eigenvalue weighted by atomic mass is 19.3. The predicted octanol–water partition coefficient (Wildman–Crippen LogP) is 3.20. The van der Waals surface area contributed by atoms with E-state index >= 15 is 0 Å². The van der Waals surface area contributed by atoms with Crippen LogP contribution in [0.25, 0.3) is 5.95 Å². The van der Waals surface area contributed by atoms with Gasteiger partial charge in [0, 0.05) is 31.3 Å². The molecule has 1 aliphatic heterocycles. The molecule has 0 aromatic carbocycles. The van der Waals surface area contributed by atoms with Gasteiger partial charge in [-0.3, -0.25) is 0 Å². The number of halogens is 2. The lowest BCUT2D eigenvalue weighted by Gasteiger charge is -2.29. The Balaban J connectivity index is 1.62. The molecule has 2 aliphatic rings. The molecule has 4 rings (SSSR count). The molecule has 6 nitrogen and oxygen atoms in total. The average Bonchev–Trinajstić information content (AvgIpc) is 3.10. The molecule has 2 aromatic rings. The Bertz CT molecular complexity index is 816. The summed E-state index contributed by atoms with van der Waals surface area (Å²) in [6.07, 6.45) is 3.35. The molecule has 2 aromatic heterocycles. The lowest BCUT2D eigenvalue weighted by Crippen LogP contribution is -2.31. The normalized spacial score (nSPS) is 25.7. The Morgan fingerprint density at radius 2 is 2.04 bits per heavy atom. The molecule has 0 radical (unpaired) electrons. The van der Waals surface area contributed by atoms with Crippen LogP contribution in [0, 0.1) is 12.8 Å². The molecule has 2 atom stereocenters. The van der Waals surface area contributed by atoms with Gasteiger partial charge in [0.1, 0.15) is 0 Å². The Morgan fingerprint density at radius 1 is 1.25 bits per heavy atom. The van der Waals surface area contributed by atoms with E-state index in [1.807, 2.05) is 19.1 Å². The van der Waals surface area contributed by atoms with E-state index < -0.39 is 12.0 Å². The van der Waals surface area contributed by atoms with Crippen LogP contribution in [0.1, 0.15) is 55.1 Å². The van der Waals surface area contributed by atoms with Gasteiger partial charge in [0.2, 0.25) is 5.92 Å². The summed E-state index contributed by atoms with van der Waals surface area (Å²) in [7, 11) is 0. The van der Waals surface area contributed by atoms with Crippen molar-refractivity contribution in [2.75, 3.05) is 13.2 Å². The Kier molecular flexibility index (Phi) is 5.42. The van der Waals surface area contributed by atoms with E-state index in [2.05, 4.69) is 15.1 Å². The largest absolute Gasteiger partial charge is 0.392 e. The highest BCUT2D eigenvalue weighted by Crippen LogP contribution is 2.37. The Labute approximate surface area is 163 Å². The molecule has 0 bridgehead atoms. The van der Waals surface area contributed by atoms with Crippen molar-refractivity contribution in [3.8, 4) is 5.95 Å². The predicted molar refractivity (Wildman–Crippen MR) is 98.7 cm³/mol. The second-order valence-corrected chi connectivity index (χ2v) is 8.03. The third-order valence-electron chi connectivity index (χ3n) is 5.75. The molecule has 28 heavy (non-hydrogen) atoms. The molecular weight excluding hydrogens is 366 g/mol. The van der Waals surface area contributed by atoms with Crippen LogP contribution in [0.4, 0.5) is 8.78 Å². The summed E-state index contributed by atoms with van der Waals surface area (Å²) in [5.41, 5.74) is 2.38. The standard InChI is InChI=1S/C20H26F2N4O2/c1-13-4-8-26(25-13)19-23-15(10-14-2-6-20(21,22)7-3-14)11-17(24-19)16-12-28-9-5-18(16)27/h4,8,11,14,16,18,27H,2-3,5-7,9-10,12H2,1H3. The number of hydrogen-bond donors (Lipinski definition) is 1. The molecular formula is C20H26F2N4O2. The maximum Gasteiger partial charge on any atom is 0.250 e. The number of rotatable bonds is 4. The van der Waals surface area contributed by atoms with Crippen molar-refractivity contribution in [1.82, 2.24) is 19.7 Å². The van der Waals surface area contributed by atoms with Gasteiger partial charge in [0.05, 0.1) is 30.0 Å². The molecule has 1 saturated carbocycles. The van der Waals surface area contributed by atoms with E-state index in [0.717, 1.165) is 17.1 Å². The molecule has 1 aliphatic carbocycles. The quantitative estimate of drug-likeness (QED) is 0.865. The summed E-state index contributed by atoms with van der Waals surface area (Å²) >= 11 is 0. The van der Waals surface area contributed by atoms with E-state index in [1.165, 1.54) is 0 Å². The van der Waals surface area contributed by atoms with Gasteiger partial charge in [0.15, 0.2) is 0 Å². The van der Waals surface area contributed by atoms with Gasteiger partial charge in [-0.05, 0) is 50.7 Å². The molecule has 2 unspecified atom stereocenters. The van der Waals surface area contributed by atoms with Crippen LogP contribution in [0.3, 0.4) is 0 Å². The third-order valence-corrected chi connectivity index (χ3v) is 5.75. The molecule has 0 amide bonds. The van der Waals surface area contributed by atoms with Crippen LogP contribution >= 0.6 is 0 Å². The minimum Gasteiger partial charge on any atom is -0.392 e. The van der Waals surface area contributed by atoms with Crippen molar-refractivity contribution >= 4 is 0 Å². The SMILES string of the molecule is Cc1ccn(-c2nc(CC3CCC(F)(F)CC3)cc(C3COCCC3O)n2)n1. The van der Waals surface area contributed by atoms with Crippen LogP contribution in [-0.4, -0.2) is 50.1 Å². The van der Waals surface area contributed by atoms with Gasteiger partial charge in [0.25, 0.3) is 5.95 Å². The fourth-order valence-corrected chi connectivity index (χ4v) is 4.04. The lowest BCUT2D eigenvalue weighted by molar-refractivity contribution is -0.0457. The van der Waals surface area contributed by atoms with Crippen molar-refractivity contribution in [3.05, 3.63) is 35.4 Å². The van der Waals surface area contributed by atoms with Crippen LogP contribution in [-0.2, 0) is 11.2 Å². The molecule has 8 heteroatoms. The zero-order valence-electron chi connectivity index (χ0n) is 16.0. The van der Waals surface area contributed by atoms with Crippen LogP contribution in [0.5, 0.6) is 0 Å². The molecule has 152 valence electrons. The number of ether oxygens (including phenoxy) is 1. The summed E-state index contributed by atoms with van der Waals surface area (Å²) in [5, 5.41) is 14.8. The molecule has 0 spiro atoms. The first-order chi connectivity index (χ1) is 13.4. The summed E-state index contributed by atoms with van der Waals surface area (Å²) < 4.78 is 34.1. The summed E-state index contributed by atoms with van der Waals surface area (Å²) in [5.74, 6) is -2.13. The number of hydrogen-bond acceptors (Lipinski definition) is 5. The monoisotopic (exact) mass is 392 g/mol. The number of nitrogens with zero attached hydrogens (tertiary/aromatic N) is 4.